The molecule has 0 bridgehead atoms. The standard InChI is InChI=1S/C55H42N2/c1-36-32-48-49(35-47(36)39-24-26-40(27-25-39)54-56-50-20-10-11-21-51(50)57(54)55(2)30-12-3-13-31-55)53(44-29-23-38-15-5-7-17-42(38)34-44)46-19-9-8-18-45(46)52(48)43-28-22-37-14-4-6-16-41(37)33-43/h3-30,33-36H,31-32H2,1-2H3/t36?,55-/m1/s1. The van der Waals surface area contributed by atoms with E-state index in [1.807, 2.05) is 0 Å². The zero-order valence-electron chi connectivity index (χ0n) is 32.3. The molecule has 1 unspecified atom stereocenters. The van der Waals surface area contributed by atoms with Gasteiger partial charge in [-0.15, -0.1) is 0 Å². The highest BCUT2D eigenvalue weighted by molar-refractivity contribution is 6.13. The number of fused-ring (bicyclic) bond motifs is 5. The molecule has 0 saturated heterocycles. The number of imidazole rings is 1. The first-order chi connectivity index (χ1) is 28.0. The molecule has 2 heteroatoms. The minimum atomic E-state index is -0.201. The largest absolute Gasteiger partial charge is 0.314 e. The van der Waals surface area contributed by atoms with Crippen LogP contribution in [0.3, 0.4) is 0 Å². The fourth-order valence-corrected chi connectivity index (χ4v) is 9.73. The van der Waals surface area contributed by atoms with Crippen molar-refractivity contribution < 1.29 is 0 Å². The molecule has 0 N–H and O–H groups in total. The molecule has 0 amide bonds. The lowest BCUT2D eigenvalue weighted by molar-refractivity contribution is 0.427. The fraction of sp³-hybridized carbons (Fsp3) is 0.109. The number of hydrogen-bond acceptors (Lipinski definition) is 1. The molecule has 1 heterocycles. The third-order valence-corrected chi connectivity index (χ3v) is 12.6. The van der Waals surface area contributed by atoms with E-state index in [1.54, 1.807) is 0 Å². The predicted molar refractivity (Wildman–Crippen MR) is 242 cm³/mol. The third-order valence-electron chi connectivity index (χ3n) is 12.6. The maximum absolute atomic E-state index is 5.23. The van der Waals surface area contributed by atoms with Crippen molar-refractivity contribution in [2.24, 2.45) is 5.92 Å². The van der Waals surface area contributed by atoms with E-state index in [0.717, 1.165) is 35.3 Å². The number of aromatic nitrogens is 2. The summed E-state index contributed by atoms with van der Waals surface area (Å²) in [6, 6.07) is 58.2. The van der Waals surface area contributed by atoms with Crippen LogP contribution in [0.2, 0.25) is 0 Å². The van der Waals surface area contributed by atoms with Crippen LogP contribution in [0, 0.1) is 5.92 Å². The van der Waals surface area contributed by atoms with Crippen molar-refractivity contribution >= 4 is 55.0 Å². The Labute approximate surface area is 333 Å². The van der Waals surface area contributed by atoms with E-state index >= 15 is 0 Å². The van der Waals surface area contributed by atoms with E-state index in [-0.39, 0.29) is 5.54 Å². The second kappa shape index (κ2) is 13.2. The summed E-state index contributed by atoms with van der Waals surface area (Å²) in [6.07, 6.45) is 13.3. The topological polar surface area (TPSA) is 17.8 Å². The summed E-state index contributed by atoms with van der Waals surface area (Å²) in [7, 11) is 0. The molecule has 0 aliphatic heterocycles. The van der Waals surface area contributed by atoms with Gasteiger partial charge in [-0.1, -0.05) is 165 Å². The Morgan fingerprint density at radius 1 is 0.579 bits per heavy atom. The Kier molecular flexibility index (Phi) is 7.76. The fourth-order valence-electron chi connectivity index (χ4n) is 9.73. The summed E-state index contributed by atoms with van der Waals surface area (Å²) in [6.45, 7) is 4.72. The Morgan fingerprint density at radius 3 is 1.84 bits per heavy atom. The molecule has 2 aliphatic carbocycles. The van der Waals surface area contributed by atoms with Crippen LogP contribution >= 0.6 is 0 Å². The maximum atomic E-state index is 5.23. The van der Waals surface area contributed by atoms with Gasteiger partial charge in [0.2, 0.25) is 0 Å². The van der Waals surface area contributed by atoms with E-state index in [4.69, 9.17) is 4.98 Å². The number of hydrogen-bond donors (Lipinski definition) is 0. The summed E-state index contributed by atoms with van der Waals surface area (Å²) in [5, 5.41) is 7.65. The molecule has 272 valence electrons. The van der Waals surface area contributed by atoms with Crippen molar-refractivity contribution in [1.82, 2.24) is 9.55 Å². The highest BCUT2D eigenvalue weighted by Gasteiger charge is 2.30. The van der Waals surface area contributed by atoms with Gasteiger partial charge < -0.3 is 4.57 Å². The van der Waals surface area contributed by atoms with Gasteiger partial charge in [0.05, 0.1) is 16.6 Å². The van der Waals surface area contributed by atoms with E-state index in [9.17, 15) is 0 Å². The van der Waals surface area contributed by atoms with E-state index < -0.39 is 0 Å². The molecule has 0 saturated carbocycles. The number of benzene rings is 8. The van der Waals surface area contributed by atoms with Crippen LogP contribution < -0.4 is 0 Å². The molecule has 9 aromatic rings. The summed E-state index contributed by atoms with van der Waals surface area (Å²) in [4.78, 5) is 5.23. The van der Waals surface area contributed by atoms with Crippen molar-refractivity contribution in [3.05, 3.63) is 199 Å². The van der Waals surface area contributed by atoms with Crippen molar-refractivity contribution in [3.63, 3.8) is 0 Å². The Balaban J connectivity index is 1.11. The average molecular weight is 731 g/mol. The molecule has 57 heavy (non-hydrogen) atoms. The predicted octanol–water partition coefficient (Wildman–Crippen LogP) is 14.5. The van der Waals surface area contributed by atoms with E-state index in [2.05, 4.69) is 207 Å². The zero-order chi connectivity index (χ0) is 38.1. The van der Waals surface area contributed by atoms with E-state index in [1.165, 1.54) is 76.8 Å². The van der Waals surface area contributed by atoms with Crippen LogP contribution in [0.5, 0.6) is 0 Å². The quantitative estimate of drug-likeness (QED) is 0.172. The van der Waals surface area contributed by atoms with Crippen molar-refractivity contribution in [2.75, 3.05) is 0 Å². The van der Waals surface area contributed by atoms with Crippen molar-refractivity contribution in [2.45, 2.75) is 32.2 Å². The van der Waals surface area contributed by atoms with Gasteiger partial charge in [0.15, 0.2) is 0 Å². The highest BCUT2D eigenvalue weighted by Crippen LogP contribution is 2.49. The normalized spacial score (nSPS) is 17.7. The highest BCUT2D eigenvalue weighted by atomic mass is 15.1. The second-order valence-corrected chi connectivity index (χ2v) is 16.2. The van der Waals surface area contributed by atoms with Crippen LogP contribution in [-0.4, -0.2) is 9.55 Å². The molecule has 0 radical (unpaired) electrons. The molecule has 2 nitrogen and oxygen atoms in total. The maximum Gasteiger partial charge on any atom is 0.141 e. The van der Waals surface area contributed by atoms with Gasteiger partial charge >= 0.3 is 0 Å². The van der Waals surface area contributed by atoms with Crippen molar-refractivity contribution in [3.8, 4) is 33.6 Å². The average Bonchev–Trinajstić information content (AvgIpc) is 3.66. The molecule has 8 aromatic carbocycles. The first kappa shape index (κ1) is 33.6. The number of rotatable bonds is 5. The lowest BCUT2D eigenvalue weighted by atomic mass is 9.74. The van der Waals surface area contributed by atoms with Crippen LogP contribution in [0.25, 0.3) is 88.6 Å². The molecular weight excluding hydrogens is 689 g/mol. The number of para-hydroxylation sites is 2. The Morgan fingerprint density at radius 2 is 1.16 bits per heavy atom. The van der Waals surface area contributed by atoms with Crippen molar-refractivity contribution in [1.29, 1.82) is 0 Å². The van der Waals surface area contributed by atoms with E-state index in [0.29, 0.717) is 5.92 Å². The Hall–Kier alpha value is -6.77. The van der Waals surface area contributed by atoms with Gasteiger partial charge in [0.25, 0.3) is 0 Å². The third kappa shape index (κ3) is 5.51. The Bertz CT molecular complexity index is 3150. The molecular formula is C55H42N2. The summed E-state index contributed by atoms with van der Waals surface area (Å²) in [5.41, 5.74) is 13.7. The van der Waals surface area contributed by atoms with Gasteiger partial charge in [0.1, 0.15) is 5.82 Å². The van der Waals surface area contributed by atoms with Gasteiger partial charge in [0, 0.05) is 5.56 Å². The lowest BCUT2D eigenvalue weighted by Gasteiger charge is -2.31. The van der Waals surface area contributed by atoms with Gasteiger partial charge in [-0.05, 0) is 133 Å². The van der Waals surface area contributed by atoms with Gasteiger partial charge in [-0.2, -0.15) is 0 Å². The zero-order valence-corrected chi connectivity index (χ0v) is 32.3. The molecule has 11 rings (SSSR count). The monoisotopic (exact) mass is 730 g/mol. The molecule has 0 fully saturated rings. The first-order valence-corrected chi connectivity index (χ1v) is 20.2. The van der Waals surface area contributed by atoms with Crippen LogP contribution in [0.1, 0.15) is 37.0 Å². The summed E-state index contributed by atoms with van der Waals surface area (Å²) in [5.74, 6) is 1.32. The van der Waals surface area contributed by atoms with Gasteiger partial charge in [-0.25, -0.2) is 4.98 Å². The number of allylic oxidation sites excluding steroid dienone is 5. The summed E-state index contributed by atoms with van der Waals surface area (Å²) >= 11 is 0. The molecule has 0 spiro atoms. The lowest BCUT2D eigenvalue weighted by Crippen LogP contribution is -2.28. The van der Waals surface area contributed by atoms with Crippen LogP contribution in [-0.2, 0) is 12.0 Å². The molecule has 1 aromatic heterocycles. The minimum Gasteiger partial charge on any atom is -0.314 e. The smallest absolute Gasteiger partial charge is 0.141 e. The minimum absolute atomic E-state index is 0.201. The number of nitrogens with zero attached hydrogens (tertiary/aromatic N) is 2. The van der Waals surface area contributed by atoms with Gasteiger partial charge in [-0.3, -0.25) is 0 Å². The molecule has 2 aliphatic rings. The second-order valence-electron chi connectivity index (χ2n) is 16.2. The SMILES string of the molecule is CC1Cc2c(c(-c3ccc4ccccc4c3)c3ccccc3c2-c2ccc3ccccc3c2)C=C1c1ccc(-c2nc3ccccc3n2[C@]2(C)C=CC=CC2)cc1. The molecule has 2 atom stereocenters. The van der Waals surface area contributed by atoms with Crippen LogP contribution in [0.15, 0.2) is 182 Å². The summed E-state index contributed by atoms with van der Waals surface area (Å²) < 4.78 is 2.44. The first-order valence-electron chi connectivity index (χ1n) is 20.2. The van der Waals surface area contributed by atoms with Crippen LogP contribution in [0.4, 0.5) is 0 Å².